The Morgan fingerprint density at radius 2 is 2.33 bits per heavy atom. The van der Waals surface area contributed by atoms with Gasteiger partial charge in [0.15, 0.2) is 0 Å². The molecule has 0 aliphatic rings. The van der Waals surface area contributed by atoms with E-state index in [9.17, 15) is 0 Å². The molecule has 0 fully saturated rings. The van der Waals surface area contributed by atoms with E-state index in [4.69, 9.17) is 11.6 Å². The molecule has 4 nitrogen and oxygen atoms in total. The lowest BCUT2D eigenvalue weighted by Crippen LogP contribution is -2.18. The van der Waals surface area contributed by atoms with Crippen molar-refractivity contribution in [3.63, 3.8) is 0 Å². The zero-order chi connectivity index (χ0) is 4.99. The molecular formula is CH7N4P. The molecule has 5 N–H and O–H groups in total. The number of nitrogens with two attached hydrogens (primary N) is 2. The largest absolute Gasteiger partial charge is 0.383 e. The lowest BCUT2D eigenvalue weighted by Gasteiger charge is -1.84. The van der Waals surface area contributed by atoms with Crippen LogP contribution in [0.25, 0.3) is 0 Å². The van der Waals surface area contributed by atoms with Crippen LogP contribution in [0.2, 0.25) is 0 Å². The molecule has 1 unspecified atom stereocenters. The second-order valence-corrected chi connectivity index (χ2v) is 1.26. The summed E-state index contributed by atoms with van der Waals surface area (Å²) in [6, 6.07) is 0. The average Bonchev–Trinajstić information content (AvgIpc) is 1.35. The number of hydrogen-bond acceptors (Lipinski definition) is 3. The van der Waals surface area contributed by atoms with Crippen LogP contribution in [0.1, 0.15) is 0 Å². The highest BCUT2D eigenvalue weighted by atomic mass is 31.0. The summed E-state index contributed by atoms with van der Waals surface area (Å²) < 4.78 is 0. The van der Waals surface area contributed by atoms with Gasteiger partial charge in [0.2, 0.25) is 0 Å². The maximum atomic E-state index is 4.97. The van der Waals surface area contributed by atoms with Crippen molar-refractivity contribution < 1.29 is 0 Å². The van der Waals surface area contributed by atoms with Gasteiger partial charge in [-0.2, -0.15) is 0 Å². The van der Waals surface area contributed by atoms with Crippen LogP contribution < -0.4 is 17.1 Å². The fourth-order valence-electron chi connectivity index (χ4n) is 0.0745. The molecule has 0 saturated carbocycles. The minimum atomic E-state index is 0.345. The fourth-order valence-corrected chi connectivity index (χ4v) is 0.149. The second kappa shape index (κ2) is 2.87. The summed E-state index contributed by atoms with van der Waals surface area (Å²) in [5, 5.41) is 3.31. The summed E-state index contributed by atoms with van der Waals surface area (Å²) in [6.45, 7) is 0. The van der Waals surface area contributed by atoms with E-state index in [2.05, 4.69) is 14.3 Å². The highest BCUT2D eigenvalue weighted by molar-refractivity contribution is 7.40. The summed E-state index contributed by atoms with van der Waals surface area (Å²) in [7, 11) is 2.16. The van der Waals surface area contributed by atoms with Crippen molar-refractivity contribution in [3.8, 4) is 0 Å². The van der Waals surface area contributed by atoms with Crippen molar-refractivity contribution in [2.75, 3.05) is 0 Å². The van der Waals surface area contributed by atoms with Crippen LogP contribution in [0.5, 0.6) is 0 Å². The summed E-state index contributed by atoms with van der Waals surface area (Å²) in [5.41, 5.74) is 7.33. The van der Waals surface area contributed by atoms with Gasteiger partial charge in [0.25, 0.3) is 0 Å². The van der Waals surface area contributed by atoms with Gasteiger partial charge in [0.1, 0.15) is 5.58 Å². The number of hydrazine groups is 1. The Labute approximate surface area is 38.1 Å². The molecule has 0 bridgehead atoms. The van der Waals surface area contributed by atoms with E-state index in [1.165, 1.54) is 0 Å². The molecule has 0 aromatic rings. The van der Waals surface area contributed by atoms with Crippen molar-refractivity contribution in [2.24, 2.45) is 16.7 Å². The van der Waals surface area contributed by atoms with Crippen LogP contribution in [0.3, 0.4) is 0 Å². The minimum absolute atomic E-state index is 0.345. The average molecular weight is 106 g/mol. The predicted molar refractivity (Wildman–Crippen MR) is 28.7 cm³/mol. The summed E-state index contributed by atoms with van der Waals surface area (Å²) in [4.78, 5) is 0. The van der Waals surface area contributed by atoms with E-state index in [1.54, 1.807) is 0 Å². The third-order valence-corrected chi connectivity index (χ3v) is 0.323. The monoisotopic (exact) mass is 106 g/mol. The number of amidine groups is 1. The molecule has 0 spiro atoms. The van der Waals surface area contributed by atoms with E-state index < -0.39 is 0 Å². The lowest BCUT2D eigenvalue weighted by atomic mass is 11.4. The Hall–Kier alpha value is -0.340. The van der Waals surface area contributed by atoms with Gasteiger partial charge in [0.05, 0.1) is 0 Å². The van der Waals surface area contributed by atoms with Crippen molar-refractivity contribution in [1.29, 1.82) is 0 Å². The standard InChI is InChI=1S/CH7N4P/c2-1(6)4-5-3/h5H,3,6H2,(H2,2,4). The first kappa shape index (κ1) is 5.66. The van der Waals surface area contributed by atoms with E-state index in [0.29, 0.717) is 5.58 Å². The van der Waals surface area contributed by atoms with Gasteiger partial charge in [0, 0.05) is 0 Å². The Balaban J connectivity index is 3.14. The van der Waals surface area contributed by atoms with Crippen LogP contribution in [-0.2, 0) is 0 Å². The number of hydrazone groups is 1. The van der Waals surface area contributed by atoms with Crippen LogP contribution in [0.4, 0.5) is 0 Å². The topological polar surface area (TPSA) is 76.4 Å². The summed E-state index contributed by atoms with van der Waals surface area (Å²) >= 11 is 0. The normalized spacial score (nSPS) is 11.3. The zero-order valence-electron chi connectivity index (χ0n) is 3.18. The highest BCUT2D eigenvalue weighted by Crippen LogP contribution is 1.72. The molecule has 0 aliphatic heterocycles. The molecule has 0 aromatic heterocycles. The van der Waals surface area contributed by atoms with Crippen molar-refractivity contribution >= 4 is 14.8 Å². The van der Waals surface area contributed by atoms with Crippen LogP contribution in [-0.4, -0.2) is 5.58 Å². The van der Waals surface area contributed by atoms with Gasteiger partial charge in [-0.15, -0.1) is 5.10 Å². The van der Waals surface area contributed by atoms with E-state index in [0.717, 1.165) is 0 Å². The zero-order valence-corrected chi connectivity index (χ0v) is 4.33. The van der Waals surface area contributed by atoms with Gasteiger partial charge >= 0.3 is 0 Å². The first-order valence-electron chi connectivity index (χ1n) is 1.31. The summed E-state index contributed by atoms with van der Waals surface area (Å²) in [5.74, 6) is 4.70. The van der Waals surface area contributed by atoms with E-state index >= 15 is 0 Å². The molecule has 1 atom stereocenters. The van der Waals surface area contributed by atoms with E-state index in [1.807, 2.05) is 5.53 Å². The van der Waals surface area contributed by atoms with Crippen LogP contribution >= 0.6 is 9.24 Å². The SMILES string of the molecule is NNN=C(N)P. The first-order valence-corrected chi connectivity index (χ1v) is 1.89. The fraction of sp³-hybridized carbons (Fsp3) is 0. The van der Waals surface area contributed by atoms with Crippen molar-refractivity contribution in [1.82, 2.24) is 5.53 Å². The molecule has 0 amide bonds. The number of rotatable bonds is 1. The smallest absolute Gasteiger partial charge is 0.137 e. The highest BCUT2D eigenvalue weighted by Gasteiger charge is 1.67. The molecule has 0 heterocycles. The Morgan fingerprint density at radius 3 is 2.33 bits per heavy atom. The van der Waals surface area contributed by atoms with Gasteiger partial charge in [-0.3, -0.25) is 0 Å². The van der Waals surface area contributed by atoms with Gasteiger partial charge in [-0.05, 0) is 0 Å². The van der Waals surface area contributed by atoms with Gasteiger partial charge < -0.3 is 5.73 Å². The Kier molecular flexibility index (Phi) is 2.71. The molecule has 0 radical (unpaired) electrons. The number of nitrogens with zero attached hydrogens (tertiary/aromatic N) is 1. The molecule has 5 heteroatoms. The lowest BCUT2D eigenvalue weighted by molar-refractivity contribution is 0.807. The molecule has 6 heavy (non-hydrogen) atoms. The number of nitrogens with one attached hydrogen (secondary N) is 1. The third kappa shape index (κ3) is 3.66. The van der Waals surface area contributed by atoms with Crippen molar-refractivity contribution in [2.45, 2.75) is 0 Å². The maximum Gasteiger partial charge on any atom is 0.137 e. The van der Waals surface area contributed by atoms with Crippen LogP contribution in [0, 0.1) is 0 Å². The Morgan fingerprint density at radius 1 is 1.83 bits per heavy atom. The molecule has 36 valence electrons. The van der Waals surface area contributed by atoms with Crippen LogP contribution in [0.15, 0.2) is 5.10 Å². The Bertz CT molecular complexity index is 54.6. The van der Waals surface area contributed by atoms with Crippen molar-refractivity contribution in [3.05, 3.63) is 0 Å². The molecular weight excluding hydrogens is 99.0 g/mol. The quantitative estimate of drug-likeness (QED) is 0.126. The molecule has 0 aromatic carbocycles. The number of hydrogen-bond donors (Lipinski definition) is 3. The second-order valence-electron chi connectivity index (χ2n) is 0.666. The molecule has 0 saturated heterocycles. The summed E-state index contributed by atoms with van der Waals surface area (Å²) in [6.07, 6.45) is 0. The third-order valence-electron chi connectivity index (χ3n) is 0.194. The first-order chi connectivity index (χ1) is 2.77. The van der Waals surface area contributed by atoms with E-state index in [-0.39, 0.29) is 0 Å². The maximum absolute atomic E-state index is 4.97. The minimum Gasteiger partial charge on any atom is -0.383 e. The van der Waals surface area contributed by atoms with Gasteiger partial charge in [-0.1, -0.05) is 9.24 Å². The predicted octanol–water partition coefficient (Wildman–Crippen LogP) is -1.45. The molecule has 0 aliphatic carbocycles. The van der Waals surface area contributed by atoms with Gasteiger partial charge in [-0.25, -0.2) is 11.4 Å². The molecule has 0 rings (SSSR count).